The number of carbonyl (C=O) groups is 1. The number of nitrogens with zero attached hydrogens (tertiary/aromatic N) is 1. The van der Waals surface area contributed by atoms with E-state index in [1.807, 2.05) is 4.90 Å². The van der Waals surface area contributed by atoms with Crippen LogP contribution in [0.5, 0.6) is 0 Å². The Morgan fingerprint density at radius 3 is 2.40 bits per heavy atom. The summed E-state index contributed by atoms with van der Waals surface area (Å²) in [5.74, 6) is 0.174. The molecule has 1 unspecified atom stereocenters. The van der Waals surface area contributed by atoms with E-state index in [0.717, 1.165) is 19.3 Å². The third-order valence-corrected chi connectivity index (χ3v) is 3.87. The van der Waals surface area contributed by atoms with Crippen molar-refractivity contribution in [2.24, 2.45) is 0 Å². The smallest absolute Gasteiger partial charge is 0.223 e. The van der Waals surface area contributed by atoms with Gasteiger partial charge in [-0.25, -0.2) is 0 Å². The Kier molecular flexibility index (Phi) is 5.18. The summed E-state index contributed by atoms with van der Waals surface area (Å²) in [7, 11) is 0. The molecular formula is C17H25NO2. The zero-order valence-electron chi connectivity index (χ0n) is 12.5. The van der Waals surface area contributed by atoms with E-state index < -0.39 is 6.10 Å². The third kappa shape index (κ3) is 4.34. The van der Waals surface area contributed by atoms with Crippen molar-refractivity contribution < 1.29 is 9.90 Å². The van der Waals surface area contributed by atoms with Crippen molar-refractivity contribution in [1.82, 2.24) is 4.90 Å². The average molecular weight is 275 g/mol. The molecule has 0 aromatic heterocycles. The van der Waals surface area contributed by atoms with E-state index in [4.69, 9.17) is 0 Å². The molecule has 1 fully saturated rings. The molecule has 1 aliphatic rings. The van der Waals surface area contributed by atoms with Gasteiger partial charge < -0.3 is 10.0 Å². The molecule has 0 saturated heterocycles. The van der Waals surface area contributed by atoms with Gasteiger partial charge in [0.25, 0.3) is 0 Å². The molecule has 20 heavy (non-hydrogen) atoms. The van der Waals surface area contributed by atoms with Gasteiger partial charge in [0, 0.05) is 19.0 Å². The van der Waals surface area contributed by atoms with Crippen LogP contribution in [0.15, 0.2) is 24.3 Å². The number of aliphatic hydroxyl groups is 1. The lowest BCUT2D eigenvalue weighted by molar-refractivity contribution is -0.133. The molecule has 1 aromatic carbocycles. The summed E-state index contributed by atoms with van der Waals surface area (Å²) in [6, 6.07) is 8.94. The number of hydrogen-bond acceptors (Lipinski definition) is 2. The lowest BCUT2D eigenvalue weighted by Gasteiger charge is -2.23. The van der Waals surface area contributed by atoms with E-state index in [2.05, 4.69) is 31.2 Å². The van der Waals surface area contributed by atoms with Gasteiger partial charge in [0.05, 0.1) is 6.10 Å². The maximum absolute atomic E-state index is 12.3. The van der Waals surface area contributed by atoms with Crippen LogP contribution >= 0.6 is 0 Å². The topological polar surface area (TPSA) is 40.5 Å². The molecule has 2 rings (SSSR count). The van der Waals surface area contributed by atoms with Crippen molar-refractivity contribution in [3.63, 3.8) is 0 Å². The fourth-order valence-corrected chi connectivity index (χ4v) is 2.36. The highest BCUT2D eigenvalue weighted by atomic mass is 16.3. The fraction of sp³-hybridized carbons (Fsp3) is 0.588. The third-order valence-electron chi connectivity index (χ3n) is 3.87. The minimum absolute atomic E-state index is 0.174. The normalized spacial score (nSPS) is 15.9. The van der Waals surface area contributed by atoms with Crippen LogP contribution < -0.4 is 0 Å². The molecule has 0 bridgehead atoms. The molecule has 110 valence electrons. The first-order valence-electron chi connectivity index (χ1n) is 7.65. The number of amides is 1. The van der Waals surface area contributed by atoms with E-state index in [1.165, 1.54) is 11.1 Å². The summed E-state index contributed by atoms with van der Waals surface area (Å²) in [6.07, 6.45) is 3.88. The molecule has 1 N–H and O–H groups in total. The lowest BCUT2D eigenvalue weighted by atomic mass is 10.1. The molecule has 1 saturated carbocycles. The van der Waals surface area contributed by atoms with Crippen LogP contribution in [-0.2, 0) is 17.8 Å². The van der Waals surface area contributed by atoms with Gasteiger partial charge in [-0.3, -0.25) is 4.79 Å². The first kappa shape index (κ1) is 15.0. The summed E-state index contributed by atoms with van der Waals surface area (Å²) >= 11 is 0. The van der Waals surface area contributed by atoms with Gasteiger partial charge in [-0.05, 0) is 43.7 Å². The van der Waals surface area contributed by atoms with Gasteiger partial charge >= 0.3 is 0 Å². The summed E-state index contributed by atoms with van der Waals surface area (Å²) in [6.45, 7) is 4.58. The number of hydrogen-bond donors (Lipinski definition) is 1. The minimum atomic E-state index is -0.399. The fourth-order valence-electron chi connectivity index (χ4n) is 2.36. The molecule has 3 nitrogen and oxygen atoms in total. The molecule has 3 heteroatoms. The second kappa shape index (κ2) is 6.89. The van der Waals surface area contributed by atoms with Crippen molar-refractivity contribution in [3.05, 3.63) is 35.4 Å². The highest BCUT2D eigenvalue weighted by Gasteiger charge is 2.32. The number of rotatable bonds is 7. The standard InChI is InChI=1S/C17H25NO2/c1-3-14-5-7-15(8-6-14)12-18(16-9-10-16)17(20)11-4-13(2)19/h5-8,13,16,19H,3-4,9-12H2,1-2H3. The van der Waals surface area contributed by atoms with E-state index in [9.17, 15) is 9.90 Å². The van der Waals surface area contributed by atoms with Crippen LogP contribution in [0.1, 0.15) is 50.7 Å². The van der Waals surface area contributed by atoms with Gasteiger partial charge in [-0.15, -0.1) is 0 Å². The van der Waals surface area contributed by atoms with E-state index in [-0.39, 0.29) is 5.91 Å². The first-order chi connectivity index (χ1) is 9.60. The Bertz CT molecular complexity index is 435. The van der Waals surface area contributed by atoms with Gasteiger partial charge in [-0.1, -0.05) is 31.2 Å². The highest BCUT2D eigenvalue weighted by Crippen LogP contribution is 2.29. The van der Waals surface area contributed by atoms with Crippen LogP contribution in [0.2, 0.25) is 0 Å². The second-order valence-electron chi connectivity index (χ2n) is 5.81. The maximum atomic E-state index is 12.3. The number of carbonyl (C=O) groups excluding carboxylic acids is 1. The molecule has 0 heterocycles. The summed E-state index contributed by atoms with van der Waals surface area (Å²) in [5.41, 5.74) is 2.52. The zero-order valence-corrected chi connectivity index (χ0v) is 12.5. The predicted molar refractivity (Wildman–Crippen MR) is 80.3 cm³/mol. The van der Waals surface area contributed by atoms with Gasteiger partial charge in [-0.2, -0.15) is 0 Å². The quantitative estimate of drug-likeness (QED) is 0.831. The molecule has 1 aromatic rings. The van der Waals surface area contributed by atoms with Crippen molar-refractivity contribution in [1.29, 1.82) is 0 Å². The Labute approximate surface area is 121 Å². The highest BCUT2D eigenvalue weighted by molar-refractivity contribution is 5.76. The lowest BCUT2D eigenvalue weighted by Crippen LogP contribution is -2.32. The second-order valence-corrected chi connectivity index (χ2v) is 5.81. The summed E-state index contributed by atoms with van der Waals surface area (Å²) in [5, 5.41) is 9.31. The Hall–Kier alpha value is -1.35. The number of aliphatic hydroxyl groups excluding tert-OH is 1. The SMILES string of the molecule is CCc1ccc(CN(C(=O)CCC(C)O)C2CC2)cc1. The number of aryl methyl sites for hydroxylation is 1. The van der Waals surface area contributed by atoms with E-state index in [1.54, 1.807) is 6.92 Å². The Morgan fingerprint density at radius 2 is 1.90 bits per heavy atom. The molecule has 0 radical (unpaired) electrons. The van der Waals surface area contributed by atoms with Crippen LogP contribution in [0.4, 0.5) is 0 Å². The molecule has 0 spiro atoms. The Morgan fingerprint density at radius 1 is 1.30 bits per heavy atom. The minimum Gasteiger partial charge on any atom is -0.393 e. The molecule has 1 aliphatic carbocycles. The van der Waals surface area contributed by atoms with Crippen LogP contribution in [0, 0.1) is 0 Å². The average Bonchev–Trinajstić information content (AvgIpc) is 3.27. The molecule has 1 atom stereocenters. The monoisotopic (exact) mass is 275 g/mol. The van der Waals surface area contributed by atoms with Crippen molar-refractivity contribution >= 4 is 5.91 Å². The van der Waals surface area contributed by atoms with Crippen LogP contribution in [-0.4, -0.2) is 28.1 Å². The predicted octanol–water partition coefficient (Wildman–Crippen LogP) is 2.90. The van der Waals surface area contributed by atoms with Gasteiger partial charge in [0.1, 0.15) is 0 Å². The van der Waals surface area contributed by atoms with E-state index in [0.29, 0.717) is 25.4 Å². The summed E-state index contributed by atoms with van der Waals surface area (Å²) < 4.78 is 0. The first-order valence-corrected chi connectivity index (χ1v) is 7.65. The van der Waals surface area contributed by atoms with Crippen molar-refractivity contribution in [3.8, 4) is 0 Å². The molecular weight excluding hydrogens is 250 g/mol. The zero-order chi connectivity index (χ0) is 14.5. The number of benzene rings is 1. The summed E-state index contributed by atoms with van der Waals surface area (Å²) in [4.78, 5) is 14.3. The van der Waals surface area contributed by atoms with E-state index >= 15 is 0 Å². The van der Waals surface area contributed by atoms with Crippen molar-refractivity contribution in [2.45, 2.75) is 64.6 Å². The van der Waals surface area contributed by atoms with Crippen LogP contribution in [0.25, 0.3) is 0 Å². The van der Waals surface area contributed by atoms with Gasteiger partial charge in [0.15, 0.2) is 0 Å². The van der Waals surface area contributed by atoms with Crippen molar-refractivity contribution in [2.75, 3.05) is 0 Å². The Balaban J connectivity index is 1.96. The largest absolute Gasteiger partial charge is 0.393 e. The van der Waals surface area contributed by atoms with Gasteiger partial charge in [0.2, 0.25) is 5.91 Å². The molecule has 0 aliphatic heterocycles. The van der Waals surface area contributed by atoms with Crippen LogP contribution in [0.3, 0.4) is 0 Å². The maximum Gasteiger partial charge on any atom is 0.223 e. The molecule has 1 amide bonds.